The SMILES string of the molecule is Cc1ccccc1-c1ccc(-c2nc(C3=CC4C=CC=CC4c4ccccc43)cc(-c3cccc4ccccc34)n2)cc1. The highest BCUT2D eigenvalue weighted by Crippen LogP contribution is 2.44. The fraction of sp³-hybridized carbons (Fsp3) is 0.0732. The van der Waals surface area contributed by atoms with Crippen LogP contribution in [-0.2, 0) is 0 Å². The summed E-state index contributed by atoms with van der Waals surface area (Å²) in [5, 5.41) is 2.39. The van der Waals surface area contributed by atoms with E-state index < -0.39 is 0 Å². The van der Waals surface area contributed by atoms with Crippen LogP contribution in [0, 0.1) is 12.8 Å². The standard InChI is InChI=1S/C41H30N2/c1-27-11-2-5-15-32(27)29-21-23-30(24-22-29)41-42-39(37-20-10-14-28-12-3-6-16-33(28)37)26-40(43-41)38-25-31-13-4-7-17-34(31)35-18-8-9-19-36(35)38/h2-26,31,34H,1H3. The molecule has 8 rings (SSSR count). The van der Waals surface area contributed by atoms with Gasteiger partial charge in [-0.15, -0.1) is 0 Å². The Morgan fingerprint density at radius 3 is 2.12 bits per heavy atom. The lowest BCUT2D eigenvalue weighted by molar-refractivity contribution is 0.688. The van der Waals surface area contributed by atoms with Crippen LogP contribution in [0.5, 0.6) is 0 Å². The molecule has 0 aliphatic heterocycles. The number of aromatic nitrogens is 2. The maximum Gasteiger partial charge on any atom is 0.160 e. The quantitative estimate of drug-likeness (QED) is 0.218. The Bertz CT molecular complexity index is 2090. The lowest BCUT2D eigenvalue weighted by Gasteiger charge is -2.30. The van der Waals surface area contributed by atoms with Gasteiger partial charge in [0.15, 0.2) is 5.82 Å². The van der Waals surface area contributed by atoms with Gasteiger partial charge in [-0.25, -0.2) is 9.97 Å². The fourth-order valence-electron chi connectivity index (χ4n) is 6.63. The van der Waals surface area contributed by atoms with Crippen molar-refractivity contribution in [1.82, 2.24) is 9.97 Å². The zero-order valence-electron chi connectivity index (χ0n) is 24.0. The normalized spacial score (nSPS) is 16.9. The molecule has 0 N–H and O–H groups in total. The third-order valence-corrected chi connectivity index (χ3v) is 8.81. The molecule has 2 nitrogen and oxygen atoms in total. The molecule has 2 atom stereocenters. The van der Waals surface area contributed by atoms with Crippen LogP contribution in [-0.4, -0.2) is 9.97 Å². The predicted octanol–water partition coefficient (Wildman–Crippen LogP) is 10.2. The van der Waals surface area contributed by atoms with E-state index in [9.17, 15) is 0 Å². The summed E-state index contributed by atoms with van der Waals surface area (Å²) in [6.45, 7) is 2.16. The third kappa shape index (κ3) is 4.52. The number of fused-ring (bicyclic) bond motifs is 4. The van der Waals surface area contributed by atoms with Crippen molar-refractivity contribution >= 4 is 16.3 Å². The summed E-state index contributed by atoms with van der Waals surface area (Å²) in [5.74, 6) is 1.37. The van der Waals surface area contributed by atoms with Crippen LogP contribution in [0.1, 0.15) is 28.3 Å². The van der Waals surface area contributed by atoms with Gasteiger partial charge in [-0.05, 0) is 51.6 Å². The van der Waals surface area contributed by atoms with Gasteiger partial charge in [-0.1, -0.05) is 146 Å². The Hall–Kier alpha value is -5.34. The fourth-order valence-corrected chi connectivity index (χ4v) is 6.63. The van der Waals surface area contributed by atoms with Gasteiger partial charge in [0.1, 0.15) is 0 Å². The molecule has 43 heavy (non-hydrogen) atoms. The van der Waals surface area contributed by atoms with Gasteiger partial charge in [0, 0.05) is 28.5 Å². The molecule has 2 aliphatic rings. The van der Waals surface area contributed by atoms with Crippen molar-refractivity contribution in [3.63, 3.8) is 0 Å². The second-order valence-electron chi connectivity index (χ2n) is 11.4. The van der Waals surface area contributed by atoms with E-state index in [-0.39, 0.29) is 0 Å². The molecular weight excluding hydrogens is 520 g/mol. The molecule has 0 saturated carbocycles. The van der Waals surface area contributed by atoms with Gasteiger partial charge in [0.2, 0.25) is 0 Å². The minimum absolute atomic E-state index is 0.294. The first kappa shape index (κ1) is 25.4. The Morgan fingerprint density at radius 2 is 1.23 bits per heavy atom. The molecule has 2 unspecified atom stereocenters. The van der Waals surface area contributed by atoms with Gasteiger partial charge < -0.3 is 0 Å². The van der Waals surface area contributed by atoms with E-state index in [4.69, 9.17) is 9.97 Å². The highest BCUT2D eigenvalue weighted by molar-refractivity contribution is 5.96. The van der Waals surface area contributed by atoms with E-state index in [2.05, 4.69) is 159 Å². The Balaban J connectivity index is 1.32. The molecule has 1 aromatic heterocycles. The van der Waals surface area contributed by atoms with Gasteiger partial charge in [-0.2, -0.15) is 0 Å². The lowest BCUT2D eigenvalue weighted by atomic mass is 9.74. The first-order valence-electron chi connectivity index (χ1n) is 14.9. The average molecular weight is 551 g/mol. The smallest absolute Gasteiger partial charge is 0.160 e. The molecule has 0 radical (unpaired) electrons. The zero-order chi connectivity index (χ0) is 28.8. The van der Waals surface area contributed by atoms with E-state index in [1.54, 1.807) is 0 Å². The first-order valence-corrected chi connectivity index (χ1v) is 14.9. The summed E-state index contributed by atoms with van der Waals surface area (Å²) < 4.78 is 0. The molecule has 2 aliphatic carbocycles. The largest absolute Gasteiger partial charge is 0.228 e. The molecule has 6 aromatic rings. The van der Waals surface area contributed by atoms with Gasteiger partial charge in [0.05, 0.1) is 11.4 Å². The van der Waals surface area contributed by atoms with Crippen LogP contribution in [0.4, 0.5) is 0 Å². The molecule has 2 heteroatoms. The first-order chi connectivity index (χ1) is 21.2. The van der Waals surface area contributed by atoms with Gasteiger partial charge in [-0.3, -0.25) is 0 Å². The summed E-state index contributed by atoms with van der Waals surface area (Å²) in [7, 11) is 0. The highest BCUT2D eigenvalue weighted by atomic mass is 14.9. The maximum absolute atomic E-state index is 5.27. The predicted molar refractivity (Wildman–Crippen MR) is 179 cm³/mol. The van der Waals surface area contributed by atoms with Crippen LogP contribution < -0.4 is 0 Å². The van der Waals surface area contributed by atoms with Gasteiger partial charge in [0.25, 0.3) is 0 Å². The number of rotatable bonds is 4. The second kappa shape index (κ2) is 10.5. The Labute approximate surface area is 252 Å². The van der Waals surface area contributed by atoms with Crippen LogP contribution in [0.15, 0.2) is 152 Å². The molecule has 1 heterocycles. The minimum atomic E-state index is 0.294. The van der Waals surface area contributed by atoms with Crippen LogP contribution in [0.2, 0.25) is 0 Å². The molecule has 0 spiro atoms. The van der Waals surface area contributed by atoms with Gasteiger partial charge >= 0.3 is 0 Å². The lowest BCUT2D eigenvalue weighted by Crippen LogP contribution is -2.16. The molecule has 0 fully saturated rings. The monoisotopic (exact) mass is 550 g/mol. The van der Waals surface area contributed by atoms with Crippen molar-refractivity contribution in [1.29, 1.82) is 0 Å². The molecule has 5 aromatic carbocycles. The van der Waals surface area contributed by atoms with Crippen LogP contribution in [0.3, 0.4) is 0 Å². The summed E-state index contributed by atoms with van der Waals surface area (Å²) in [6.07, 6.45) is 11.3. The summed E-state index contributed by atoms with van der Waals surface area (Å²) in [4.78, 5) is 10.5. The maximum atomic E-state index is 5.27. The number of hydrogen-bond donors (Lipinski definition) is 0. The number of benzene rings is 5. The van der Waals surface area contributed by atoms with Crippen LogP contribution in [0.25, 0.3) is 50.1 Å². The number of nitrogens with zero attached hydrogens (tertiary/aromatic N) is 2. The van der Waals surface area contributed by atoms with Crippen molar-refractivity contribution in [2.24, 2.45) is 5.92 Å². The molecule has 0 amide bonds. The summed E-state index contributed by atoms with van der Waals surface area (Å²) >= 11 is 0. The third-order valence-electron chi connectivity index (χ3n) is 8.81. The molecule has 204 valence electrons. The summed E-state index contributed by atoms with van der Waals surface area (Å²) in [6, 6.07) is 43.1. The Morgan fingerprint density at radius 1 is 0.558 bits per heavy atom. The van der Waals surface area contributed by atoms with E-state index in [1.165, 1.54) is 44.2 Å². The number of hydrogen-bond acceptors (Lipinski definition) is 2. The minimum Gasteiger partial charge on any atom is -0.228 e. The highest BCUT2D eigenvalue weighted by Gasteiger charge is 2.29. The second-order valence-corrected chi connectivity index (χ2v) is 11.4. The molecular formula is C41H30N2. The van der Waals surface area contributed by atoms with Crippen molar-refractivity contribution < 1.29 is 0 Å². The zero-order valence-corrected chi connectivity index (χ0v) is 24.0. The Kier molecular flexibility index (Phi) is 6.19. The van der Waals surface area contributed by atoms with Crippen molar-refractivity contribution in [2.45, 2.75) is 12.8 Å². The number of allylic oxidation sites excluding steroid dienone is 5. The van der Waals surface area contributed by atoms with E-state index in [1.807, 2.05) is 0 Å². The molecule has 0 saturated heterocycles. The van der Waals surface area contributed by atoms with E-state index in [0.717, 1.165) is 28.3 Å². The van der Waals surface area contributed by atoms with E-state index in [0.29, 0.717) is 11.8 Å². The average Bonchev–Trinajstić information content (AvgIpc) is 3.08. The van der Waals surface area contributed by atoms with Crippen molar-refractivity contribution in [3.05, 3.63) is 174 Å². The van der Waals surface area contributed by atoms with Crippen molar-refractivity contribution in [3.8, 4) is 33.8 Å². The molecule has 0 bridgehead atoms. The summed E-state index contributed by atoms with van der Waals surface area (Å²) in [5.41, 5.74) is 11.5. The van der Waals surface area contributed by atoms with Crippen LogP contribution >= 0.6 is 0 Å². The topological polar surface area (TPSA) is 25.8 Å². The van der Waals surface area contributed by atoms with Crippen molar-refractivity contribution in [2.75, 3.05) is 0 Å². The van der Waals surface area contributed by atoms with E-state index >= 15 is 0 Å². The number of aryl methyl sites for hydroxylation is 1.